The molecule has 0 spiro atoms. The Morgan fingerprint density at radius 1 is 1.04 bits per heavy atom. The molecule has 0 aliphatic rings. The fourth-order valence-electron chi connectivity index (χ4n) is 3.21. The van der Waals surface area contributed by atoms with Gasteiger partial charge in [0.1, 0.15) is 11.3 Å². The van der Waals surface area contributed by atoms with Gasteiger partial charge in [-0.15, -0.1) is 0 Å². The van der Waals surface area contributed by atoms with Gasteiger partial charge < -0.3 is 4.42 Å². The van der Waals surface area contributed by atoms with Gasteiger partial charge in [0.2, 0.25) is 0 Å². The lowest BCUT2D eigenvalue weighted by Crippen LogP contribution is -2.32. The molecule has 0 bridgehead atoms. The van der Waals surface area contributed by atoms with Gasteiger partial charge in [-0.1, -0.05) is 43.0 Å². The second-order valence-electron chi connectivity index (χ2n) is 6.48. The van der Waals surface area contributed by atoms with Crippen LogP contribution in [0, 0.1) is 0 Å². The number of furan rings is 1. The van der Waals surface area contributed by atoms with Gasteiger partial charge >= 0.3 is 0 Å². The molecular weight excluding hydrogens is 352 g/mol. The van der Waals surface area contributed by atoms with Gasteiger partial charge in [0.05, 0.1) is 16.3 Å². The smallest absolute Gasteiger partial charge is 0.271 e. The molecule has 0 saturated carbocycles. The van der Waals surface area contributed by atoms with E-state index in [4.69, 9.17) is 9.52 Å². The Morgan fingerprint density at radius 2 is 1.82 bits per heavy atom. The summed E-state index contributed by atoms with van der Waals surface area (Å²) in [7, 11) is 0. The van der Waals surface area contributed by atoms with Gasteiger partial charge in [-0.25, -0.2) is 4.68 Å². The monoisotopic (exact) mass is 368 g/mol. The highest BCUT2D eigenvalue weighted by molar-refractivity contribution is 5.83. The standard InChI is InChI=1S/C22H16N4O2/c1-14-18(22(27)24-23-14)11-16-13-26(17-8-3-2-4-9-17)25-21(16)20-12-15-7-5-6-10-19(15)28-20/h2-13,23H,1H2,(H,24,27)/b18-11-. The van der Waals surface area contributed by atoms with Gasteiger partial charge in [0.25, 0.3) is 5.56 Å². The number of benzene rings is 2. The molecule has 0 amide bonds. The zero-order chi connectivity index (χ0) is 19.1. The first-order valence-electron chi connectivity index (χ1n) is 8.80. The van der Waals surface area contributed by atoms with Gasteiger partial charge in [-0.2, -0.15) is 5.10 Å². The Hall–Kier alpha value is -4.06. The average Bonchev–Trinajstić information content (AvgIpc) is 3.41. The molecule has 3 aromatic heterocycles. The summed E-state index contributed by atoms with van der Waals surface area (Å²) in [5.41, 5.74) is 2.89. The van der Waals surface area contributed by atoms with Crippen molar-refractivity contribution in [3.8, 4) is 17.1 Å². The lowest BCUT2D eigenvalue weighted by molar-refractivity contribution is 0.627. The number of nitrogens with one attached hydrogen (secondary N) is 2. The normalized spacial score (nSPS) is 12.1. The summed E-state index contributed by atoms with van der Waals surface area (Å²) in [6, 6.07) is 19.5. The summed E-state index contributed by atoms with van der Waals surface area (Å²) in [6.07, 6.45) is 3.65. The van der Waals surface area contributed by atoms with E-state index in [-0.39, 0.29) is 5.56 Å². The Kier molecular flexibility index (Phi) is 3.62. The number of para-hydroxylation sites is 2. The Balaban J connectivity index is 1.77. The number of aromatic nitrogens is 4. The van der Waals surface area contributed by atoms with E-state index in [1.807, 2.05) is 66.9 Å². The van der Waals surface area contributed by atoms with Crippen molar-refractivity contribution in [1.82, 2.24) is 20.0 Å². The molecule has 0 atom stereocenters. The number of H-pyrrole nitrogens is 2. The van der Waals surface area contributed by atoms with Gasteiger partial charge in [0.15, 0.2) is 5.76 Å². The van der Waals surface area contributed by atoms with E-state index in [1.54, 1.807) is 10.8 Å². The van der Waals surface area contributed by atoms with Crippen molar-refractivity contribution in [1.29, 1.82) is 0 Å². The van der Waals surface area contributed by atoms with Crippen LogP contribution < -0.4 is 16.1 Å². The summed E-state index contributed by atoms with van der Waals surface area (Å²) in [6.45, 7) is 3.87. The SMILES string of the molecule is C=c1[nH][nH]c(=O)/c1=C\c1cn(-c2ccccc2)nc1-c1cc2ccccc2o1. The highest BCUT2D eigenvalue weighted by atomic mass is 16.3. The lowest BCUT2D eigenvalue weighted by atomic mass is 10.1. The third kappa shape index (κ3) is 2.68. The highest BCUT2D eigenvalue weighted by Gasteiger charge is 2.15. The van der Waals surface area contributed by atoms with Crippen LogP contribution in [-0.2, 0) is 0 Å². The second kappa shape index (κ2) is 6.28. The van der Waals surface area contributed by atoms with E-state index in [0.717, 1.165) is 22.2 Å². The molecule has 6 heteroatoms. The van der Waals surface area contributed by atoms with Crippen molar-refractivity contribution in [3.63, 3.8) is 0 Å². The molecule has 0 aliphatic heterocycles. The fraction of sp³-hybridized carbons (Fsp3) is 0. The molecule has 0 radical (unpaired) electrons. The van der Waals surface area contributed by atoms with E-state index in [2.05, 4.69) is 16.8 Å². The van der Waals surface area contributed by atoms with Crippen molar-refractivity contribution < 1.29 is 4.42 Å². The number of nitrogens with zero attached hydrogens (tertiary/aromatic N) is 2. The number of fused-ring (bicyclic) bond motifs is 1. The van der Waals surface area contributed by atoms with Crippen LogP contribution in [0.3, 0.4) is 0 Å². The first-order chi connectivity index (χ1) is 13.7. The Labute approximate surface area is 159 Å². The summed E-state index contributed by atoms with van der Waals surface area (Å²) in [5, 5.41) is 12.0. The number of rotatable bonds is 3. The van der Waals surface area contributed by atoms with Crippen LogP contribution in [0.1, 0.15) is 5.56 Å². The van der Waals surface area contributed by atoms with E-state index >= 15 is 0 Å². The van der Waals surface area contributed by atoms with E-state index < -0.39 is 0 Å². The van der Waals surface area contributed by atoms with Crippen LogP contribution in [0.15, 0.2) is 76.1 Å². The van der Waals surface area contributed by atoms with Gasteiger partial charge in [-0.3, -0.25) is 15.0 Å². The first kappa shape index (κ1) is 16.1. The molecule has 28 heavy (non-hydrogen) atoms. The molecular formula is C22H16N4O2. The second-order valence-corrected chi connectivity index (χ2v) is 6.48. The van der Waals surface area contributed by atoms with Crippen LogP contribution in [0.5, 0.6) is 0 Å². The third-order valence-corrected chi connectivity index (χ3v) is 4.62. The lowest BCUT2D eigenvalue weighted by Gasteiger charge is -1.98. The van der Waals surface area contributed by atoms with Crippen LogP contribution in [0.4, 0.5) is 0 Å². The molecule has 3 heterocycles. The molecule has 136 valence electrons. The predicted molar refractivity (Wildman–Crippen MR) is 109 cm³/mol. The summed E-state index contributed by atoms with van der Waals surface area (Å²) < 4.78 is 7.79. The Morgan fingerprint density at radius 3 is 2.57 bits per heavy atom. The summed E-state index contributed by atoms with van der Waals surface area (Å²) in [5.74, 6) is 0.639. The summed E-state index contributed by atoms with van der Waals surface area (Å²) in [4.78, 5) is 12.1. The van der Waals surface area contributed by atoms with Gasteiger partial charge in [0, 0.05) is 17.1 Å². The van der Waals surface area contributed by atoms with E-state index in [1.165, 1.54) is 0 Å². The van der Waals surface area contributed by atoms with E-state index in [9.17, 15) is 4.79 Å². The van der Waals surface area contributed by atoms with Crippen LogP contribution in [0.2, 0.25) is 0 Å². The molecule has 0 fully saturated rings. The fourth-order valence-corrected chi connectivity index (χ4v) is 3.21. The van der Waals surface area contributed by atoms with E-state index in [0.29, 0.717) is 22.0 Å². The predicted octanol–water partition coefficient (Wildman–Crippen LogP) is 2.54. The van der Waals surface area contributed by atoms with Crippen molar-refractivity contribution in [2.75, 3.05) is 0 Å². The molecule has 0 unspecified atom stereocenters. The molecule has 0 aliphatic carbocycles. The minimum absolute atomic E-state index is 0.229. The third-order valence-electron chi connectivity index (χ3n) is 4.62. The number of aromatic amines is 2. The maximum atomic E-state index is 12.1. The molecule has 2 aromatic carbocycles. The first-order valence-corrected chi connectivity index (χ1v) is 8.80. The van der Waals surface area contributed by atoms with Crippen molar-refractivity contribution in [2.24, 2.45) is 0 Å². The molecule has 0 saturated heterocycles. The number of hydrogen-bond acceptors (Lipinski definition) is 3. The zero-order valence-corrected chi connectivity index (χ0v) is 14.8. The van der Waals surface area contributed by atoms with Crippen LogP contribution in [-0.4, -0.2) is 20.0 Å². The minimum Gasteiger partial charge on any atom is -0.454 e. The van der Waals surface area contributed by atoms with Gasteiger partial charge in [-0.05, 0) is 30.3 Å². The van der Waals surface area contributed by atoms with Crippen molar-refractivity contribution in [2.45, 2.75) is 0 Å². The average molecular weight is 368 g/mol. The molecule has 2 N–H and O–H groups in total. The van der Waals surface area contributed by atoms with Crippen molar-refractivity contribution >= 4 is 23.6 Å². The Bertz CT molecular complexity index is 1390. The largest absolute Gasteiger partial charge is 0.454 e. The maximum absolute atomic E-state index is 12.1. The van der Waals surface area contributed by atoms with Crippen LogP contribution in [0.25, 0.3) is 40.8 Å². The minimum atomic E-state index is -0.229. The van der Waals surface area contributed by atoms with Crippen molar-refractivity contribution in [3.05, 3.63) is 93.3 Å². The zero-order valence-electron chi connectivity index (χ0n) is 14.8. The molecule has 5 rings (SSSR count). The molecule has 5 aromatic rings. The topological polar surface area (TPSA) is 79.6 Å². The van der Waals surface area contributed by atoms with Crippen LogP contribution >= 0.6 is 0 Å². The highest BCUT2D eigenvalue weighted by Crippen LogP contribution is 2.30. The molecule has 6 nitrogen and oxygen atoms in total. The maximum Gasteiger partial charge on any atom is 0.271 e. The quantitative estimate of drug-likeness (QED) is 0.514. The number of hydrogen-bond donors (Lipinski definition) is 2. The summed E-state index contributed by atoms with van der Waals surface area (Å²) >= 11 is 0.